The molecule has 6 heteroatoms. The lowest BCUT2D eigenvalue weighted by molar-refractivity contribution is 0.0606. The highest BCUT2D eigenvalue weighted by Gasteiger charge is 2.18. The number of esters is 1. The van der Waals surface area contributed by atoms with Crippen LogP contribution < -0.4 is 5.32 Å². The number of rotatable bonds is 4. The predicted octanol–water partition coefficient (Wildman–Crippen LogP) is 3.76. The normalized spacial score (nSPS) is 11.9. The van der Waals surface area contributed by atoms with Crippen molar-refractivity contribution in [2.45, 2.75) is 13.0 Å². The SMILES string of the molecule is COC(=O)c1sc(NC(C)c2ccccc2)nc1Cl. The Labute approximate surface area is 120 Å². The van der Waals surface area contributed by atoms with Crippen LogP contribution in [0.25, 0.3) is 0 Å². The Morgan fingerprint density at radius 3 is 2.74 bits per heavy atom. The number of thiazole rings is 1. The lowest BCUT2D eigenvalue weighted by Gasteiger charge is -2.12. The van der Waals surface area contributed by atoms with Crippen LogP contribution in [0.4, 0.5) is 5.13 Å². The first kappa shape index (κ1) is 13.8. The molecule has 1 aromatic heterocycles. The van der Waals surface area contributed by atoms with E-state index >= 15 is 0 Å². The molecule has 0 spiro atoms. The van der Waals surface area contributed by atoms with E-state index in [2.05, 4.69) is 15.0 Å². The van der Waals surface area contributed by atoms with E-state index in [1.807, 2.05) is 37.3 Å². The molecule has 0 aliphatic rings. The van der Waals surface area contributed by atoms with Crippen molar-refractivity contribution in [1.29, 1.82) is 0 Å². The van der Waals surface area contributed by atoms with Gasteiger partial charge in [-0.05, 0) is 12.5 Å². The first-order valence-electron chi connectivity index (χ1n) is 5.68. The highest BCUT2D eigenvalue weighted by Crippen LogP contribution is 2.29. The number of ether oxygens (including phenoxy) is 1. The molecule has 1 aromatic carbocycles. The second-order valence-electron chi connectivity index (χ2n) is 3.91. The van der Waals surface area contributed by atoms with Gasteiger partial charge in [-0.1, -0.05) is 53.3 Å². The fourth-order valence-corrected chi connectivity index (χ4v) is 2.78. The summed E-state index contributed by atoms with van der Waals surface area (Å²) in [7, 11) is 1.32. The number of hydrogen-bond acceptors (Lipinski definition) is 5. The maximum atomic E-state index is 11.4. The molecule has 2 aromatic rings. The molecule has 0 fully saturated rings. The van der Waals surface area contributed by atoms with Gasteiger partial charge < -0.3 is 10.1 Å². The van der Waals surface area contributed by atoms with Crippen molar-refractivity contribution in [3.05, 3.63) is 45.9 Å². The molecule has 0 bridgehead atoms. The van der Waals surface area contributed by atoms with Crippen molar-refractivity contribution in [2.75, 3.05) is 12.4 Å². The molecule has 19 heavy (non-hydrogen) atoms. The van der Waals surface area contributed by atoms with Crippen molar-refractivity contribution in [3.8, 4) is 0 Å². The molecule has 0 saturated heterocycles. The van der Waals surface area contributed by atoms with Gasteiger partial charge in [0, 0.05) is 0 Å². The van der Waals surface area contributed by atoms with Gasteiger partial charge in [0.25, 0.3) is 0 Å². The summed E-state index contributed by atoms with van der Waals surface area (Å²) >= 11 is 7.09. The number of halogens is 1. The average molecular weight is 297 g/mol. The number of carbonyl (C=O) groups excluding carboxylic acids is 1. The van der Waals surface area contributed by atoms with Crippen LogP contribution >= 0.6 is 22.9 Å². The van der Waals surface area contributed by atoms with Gasteiger partial charge in [-0.2, -0.15) is 0 Å². The third kappa shape index (κ3) is 3.24. The molecule has 0 radical (unpaired) electrons. The number of nitrogens with zero attached hydrogens (tertiary/aromatic N) is 1. The molecular formula is C13H13ClN2O2S. The van der Waals surface area contributed by atoms with Gasteiger partial charge in [-0.3, -0.25) is 0 Å². The van der Waals surface area contributed by atoms with Gasteiger partial charge in [0.15, 0.2) is 15.2 Å². The molecule has 1 unspecified atom stereocenters. The molecule has 2 rings (SSSR count). The van der Waals surface area contributed by atoms with Crippen LogP contribution in [0.15, 0.2) is 30.3 Å². The van der Waals surface area contributed by atoms with Crippen molar-refractivity contribution in [3.63, 3.8) is 0 Å². The number of methoxy groups -OCH3 is 1. The number of benzene rings is 1. The summed E-state index contributed by atoms with van der Waals surface area (Å²) in [6.45, 7) is 2.02. The quantitative estimate of drug-likeness (QED) is 0.873. The van der Waals surface area contributed by atoms with Crippen molar-refractivity contribution in [2.24, 2.45) is 0 Å². The number of carbonyl (C=O) groups is 1. The Kier molecular flexibility index (Phi) is 4.39. The molecule has 0 amide bonds. The Balaban J connectivity index is 2.14. The molecule has 0 saturated carbocycles. The number of hydrogen-bond donors (Lipinski definition) is 1. The smallest absolute Gasteiger partial charge is 0.351 e. The van der Waals surface area contributed by atoms with Crippen molar-refractivity contribution in [1.82, 2.24) is 4.98 Å². The molecule has 100 valence electrons. The van der Waals surface area contributed by atoms with Gasteiger partial charge in [0.05, 0.1) is 13.2 Å². The van der Waals surface area contributed by atoms with E-state index in [0.717, 1.165) is 5.56 Å². The van der Waals surface area contributed by atoms with Gasteiger partial charge in [0.2, 0.25) is 0 Å². The Bertz CT molecular complexity index is 571. The summed E-state index contributed by atoms with van der Waals surface area (Å²) in [5, 5.41) is 3.98. The number of aromatic nitrogens is 1. The molecule has 0 aliphatic carbocycles. The molecule has 1 N–H and O–H groups in total. The van der Waals surface area contributed by atoms with Gasteiger partial charge in [-0.25, -0.2) is 9.78 Å². The zero-order chi connectivity index (χ0) is 13.8. The van der Waals surface area contributed by atoms with Crippen LogP contribution in [0, 0.1) is 0 Å². The number of nitrogens with one attached hydrogen (secondary N) is 1. The Morgan fingerprint density at radius 2 is 2.11 bits per heavy atom. The van der Waals surface area contributed by atoms with Crippen LogP contribution in [0.3, 0.4) is 0 Å². The highest BCUT2D eigenvalue weighted by atomic mass is 35.5. The predicted molar refractivity (Wildman–Crippen MR) is 76.9 cm³/mol. The molecule has 4 nitrogen and oxygen atoms in total. The van der Waals surface area contributed by atoms with Gasteiger partial charge >= 0.3 is 5.97 Å². The molecule has 1 atom stereocenters. The second kappa shape index (κ2) is 6.04. The second-order valence-corrected chi connectivity index (χ2v) is 5.26. The van der Waals surface area contributed by atoms with E-state index in [-0.39, 0.29) is 11.2 Å². The number of anilines is 1. The molecule has 1 heterocycles. The summed E-state index contributed by atoms with van der Waals surface area (Å²) in [5.74, 6) is -0.470. The fourth-order valence-electron chi connectivity index (χ4n) is 1.59. The fraction of sp³-hybridized carbons (Fsp3) is 0.231. The van der Waals surface area contributed by atoms with E-state index in [4.69, 9.17) is 11.6 Å². The van der Waals surface area contributed by atoms with Gasteiger partial charge in [-0.15, -0.1) is 0 Å². The first-order valence-corrected chi connectivity index (χ1v) is 6.87. The summed E-state index contributed by atoms with van der Waals surface area (Å²) in [4.78, 5) is 15.9. The third-order valence-corrected chi connectivity index (χ3v) is 3.95. The van der Waals surface area contributed by atoms with Crippen LogP contribution in [0.2, 0.25) is 5.15 Å². The molecular weight excluding hydrogens is 284 g/mol. The lowest BCUT2D eigenvalue weighted by atomic mass is 10.1. The van der Waals surface area contributed by atoms with Crippen LogP contribution in [-0.4, -0.2) is 18.1 Å². The maximum absolute atomic E-state index is 11.4. The van der Waals surface area contributed by atoms with Crippen LogP contribution in [0.1, 0.15) is 28.2 Å². The minimum absolute atomic E-state index is 0.0777. The zero-order valence-corrected chi connectivity index (χ0v) is 12.1. The molecule has 0 aliphatic heterocycles. The Hall–Kier alpha value is -1.59. The van der Waals surface area contributed by atoms with Crippen LogP contribution in [-0.2, 0) is 4.74 Å². The average Bonchev–Trinajstić information content (AvgIpc) is 2.79. The summed E-state index contributed by atoms with van der Waals surface area (Å²) in [5.41, 5.74) is 1.13. The lowest BCUT2D eigenvalue weighted by Crippen LogP contribution is -2.05. The van der Waals surface area contributed by atoms with Gasteiger partial charge in [0.1, 0.15) is 0 Å². The maximum Gasteiger partial charge on any atom is 0.351 e. The zero-order valence-electron chi connectivity index (χ0n) is 10.5. The third-order valence-electron chi connectivity index (χ3n) is 2.60. The largest absolute Gasteiger partial charge is 0.465 e. The topological polar surface area (TPSA) is 51.2 Å². The van der Waals surface area contributed by atoms with E-state index in [1.165, 1.54) is 18.4 Å². The first-order chi connectivity index (χ1) is 9.11. The highest BCUT2D eigenvalue weighted by molar-refractivity contribution is 7.18. The van der Waals surface area contributed by atoms with E-state index in [9.17, 15) is 4.79 Å². The summed E-state index contributed by atoms with van der Waals surface area (Å²) in [6, 6.07) is 10.0. The minimum Gasteiger partial charge on any atom is -0.465 e. The van der Waals surface area contributed by atoms with Crippen molar-refractivity contribution < 1.29 is 9.53 Å². The van der Waals surface area contributed by atoms with E-state index in [1.54, 1.807) is 0 Å². The van der Waals surface area contributed by atoms with E-state index in [0.29, 0.717) is 10.0 Å². The Morgan fingerprint density at radius 1 is 1.42 bits per heavy atom. The van der Waals surface area contributed by atoms with Crippen molar-refractivity contribution >= 4 is 34.0 Å². The van der Waals surface area contributed by atoms with E-state index < -0.39 is 5.97 Å². The standard InChI is InChI=1S/C13H13ClN2O2S/c1-8(9-6-4-3-5-7-9)15-13-16-11(14)10(19-13)12(17)18-2/h3-8H,1-2H3,(H,15,16). The minimum atomic E-state index is -0.470. The van der Waals surface area contributed by atoms with Crippen LogP contribution in [0.5, 0.6) is 0 Å². The monoisotopic (exact) mass is 296 g/mol. The summed E-state index contributed by atoms with van der Waals surface area (Å²) in [6.07, 6.45) is 0. The summed E-state index contributed by atoms with van der Waals surface area (Å²) < 4.78 is 4.64.